The van der Waals surface area contributed by atoms with E-state index >= 15 is 0 Å². The van der Waals surface area contributed by atoms with Crippen LogP contribution in [0.15, 0.2) is 24.3 Å². The van der Waals surface area contributed by atoms with Crippen molar-refractivity contribution in [3.63, 3.8) is 0 Å². The van der Waals surface area contributed by atoms with Crippen LogP contribution in [0.5, 0.6) is 11.5 Å². The molecule has 4 rings (SSSR count). The summed E-state index contributed by atoms with van der Waals surface area (Å²) in [5, 5.41) is 3.35. The predicted molar refractivity (Wildman–Crippen MR) is 93.2 cm³/mol. The van der Waals surface area contributed by atoms with E-state index in [1.54, 1.807) is 0 Å². The van der Waals surface area contributed by atoms with Crippen LogP contribution in [0.4, 0.5) is 17.5 Å². The van der Waals surface area contributed by atoms with E-state index in [2.05, 4.69) is 22.1 Å². The van der Waals surface area contributed by atoms with Gasteiger partial charge in [0, 0.05) is 36.6 Å². The number of benzene rings is 1. The van der Waals surface area contributed by atoms with Gasteiger partial charge >= 0.3 is 0 Å². The van der Waals surface area contributed by atoms with Crippen molar-refractivity contribution in [1.29, 1.82) is 0 Å². The van der Waals surface area contributed by atoms with E-state index < -0.39 is 0 Å². The first kappa shape index (κ1) is 15.1. The highest BCUT2D eigenvalue weighted by molar-refractivity contribution is 5.62. The number of aryl methyl sites for hydroxylation is 1. The summed E-state index contributed by atoms with van der Waals surface area (Å²) in [5.74, 6) is 3.84. The summed E-state index contributed by atoms with van der Waals surface area (Å²) in [4.78, 5) is 11.6. The molecule has 6 nitrogen and oxygen atoms in total. The number of rotatable bonds is 3. The number of piperidine rings is 1. The first-order chi connectivity index (χ1) is 11.7. The maximum absolute atomic E-state index is 5.43. The highest BCUT2D eigenvalue weighted by atomic mass is 16.7. The zero-order chi connectivity index (χ0) is 16.5. The van der Waals surface area contributed by atoms with Gasteiger partial charge in [-0.2, -0.15) is 4.98 Å². The smallest absolute Gasteiger partial charge is 0.231 e. The third-order valence-corrected chi connectivity index (χ3v) is 4.43. The summed E-state index contributed by atoms with van der Waals surface area (Å²) in [5.41, 5.74) is 1.89. The van der Waals surface area contributed by atoms with Gasteiger partial charge in [-0.1, -0.05) is 6.92 Å². The van der Waals surface area contributed by atoms with Crippen molar-refractivity contribution in [1.82, 2.24) is 9.97 Å². The van der Waals surface area contributed by atoms with E-state index in [-0.39, 0.29) is 6.79 Å². The zero-order valence-corrected chi connectivity index (χ0v) is 14.1. The van der Waals surface area contributed by atoms with Gasteiger partial charge in [-0.3, -0.25) is 0 Å². The van der Waals surface area contributed by atoms with E-state index in [9.17, 15) is 0 Å². The second-order valence-corrected chi connectivity index (χ2v) is 6.58. The van der Waals surface area contributed by atoms with Gasteiger partial charge in [-0.25, -0.2) is 4.98 Å². The molecule has 1 atom stereocenters. The van der Waals surface area contributed by atoms with Crippen molar-refractivity contribution in [3.05, 3.63) is 30.0 Å². The number of ether oxygens (including phenoxy) is 2. The van der Waals surface area contributed by atoms with Crippen molar-refractivity contribution in [2.45, 2.75) is 26.7 Å². The minimum atomic E-state index is 0.280. The fourth-order valence-corrected chi connectivity index (χ4v) is 3.25. The van der Waals surface area contributed by atoms with Crippen LogP contribution in [-0.2, 0) is 0 Å². The Labute approximate surface area is 141 Å². The molecule has 2 aliphatic rings. The summed E-state index contributed by atoms with van der Waals surface area (Å²) < 4.78 is 10.8. The van der Waals surface area contributed by atoms with Crippen molar-refractivity contribution >= 4 is 17.5 Å². The Morgan fingerprint density at radius 1 is 1.17 bits per heavy atom. The van der Waals surface area contributed by atoms with Gasteiger partial charge in [-0.05, 0) is 37.8 Å². The van der Waals surface area contributed by atoms with Crippen LogP contribution in [0.1, 0.15) is 25.5 Å². The average molecular weight is 326 g/mol. The lowest BCUT2D eigenvalue weighted by molar-refractivity contribution is 0.174. The molecule has 6 heteroatoms. The Morgan fingerprint density at radius 2 is 2.04 bits per heavy atom. The van der Waals surface area contributed by atoms with E-state index in [0.29, 0.717) is 5.92 Å². The molecular formula is C18H22N4O2. The monoisotopic (exact) mass is 326 g/mol. The third kappa shape index (κ3) is 3.09. The molecule has 2 aromatic rings. The van der Waals surface area contributed by atoms with Gasteiger partial charge in [0.15, 0.2) is 11.5 Å². The second-order valence-electron chi connectivity index (χ2n) is 6.58. The molecule has 24 heavy (non-hydrogen) atoms. The molecule has 1 fully saturated rings. The lowest BCUT2D eigenvalue weighted by atomic mass is 10.0. The molecule has 1 saturated heterocycles. The maximum Gasteiger partial charge on any atom is 0.231 e. The highest BCUT2D eigenvalue weighted by Gasteiger charge is 2.19. The van der Waals surface area contributed by atoms with Crippen LogP contribution in [0.2, 0.25) is 0 Å². The largest absolute Gasteiger partial charge is 0.454 e. The third-order valence-electron chi connectivity index (χ3n) is 4.43. The molecule has 0 aliphatic carbocycles. The number of hydrogen-bond donors (Lipinski definition) is 1. The molecule has 1 aromatic heterocycles. The Morgan fingerprint density at radius 3 is 2.92 bits per heavy atom. The normalized spacial score (nSPS) is 19.4. The average Bonchev–Trinajstić information content (AvgIpc) is 3.02. The van der Waals surface area contributed by atoms with Gasteiger partial charge in [0.25, 0.3) is 0 Å². The molecule has 0 amide bonds. The SMILES string of the molecule is Cc1cc(Nc2ccc3c(c2)OCO3)nc(N2CCCC(C)C2)n1. The van der Waals surface area contributed by atoms with Gasteiger partial charge in [0.05, 0.1) is 0 Å². The quantitative estimate of drug-likeness (QED) is 0.931. The Hall–Kier alpha value is -2.50. The number of nitrogens with zero attached hydrogens (tertiary/aromatic N) is 3. The van der Waals surface area contributed by atoms with Crippen LogP contribution in [0.3, 0.4) is 0 Å². The summed E-state index contributed by atoms with van der Waals surface area (Å²) in [7, 11) is 0. The number of nitrogens with one attached hydrogen (secondary N) is 1. The van der Waals surface area contributed by atoms with Gasteiger partial charge in [-0.15, -0.1) is 0 Å². The van der Waals surface area contributed by atoms with Crippen molar-refractivity contribution in [2.24, 2.45) is 5.92 Å². The molecule has 0 saturated carbocycles. The van der Waals surface area contributed by atoms with Crippen molar-refractivity contribution < 1.29 is 9.47 Å². The second kappa shape index (κ2) is 6.19. The summed E-state index contributed by atoms with van der Waals surface area (Å²) in [6.07, 6.45) is 2.48. The molecule has 0 spiro atoms. The van der Waals surface area contributed by atoms with Crippen LogP contribution >= 0.6 is 0 Å². The summed E-state index contributed by atoms with van der Waals surface area (Å²) >= 11 is 0. The molecule has 1 N–H and O–H groups in total. The molecular weight excluding hydrogens is 304 g/mol. The molecule has 2 aliphatic heterocycles. The highest BCUT2D eigenvalue weighted by Crippen LogP contribution is 2.35. The number of fused-ring (bicyclic) bond motifs is 1. The maximum atomic E-state index is 5.43. The van der Waals surface area contributed by atoms with Crippen LogP contribution in [-0.4, -0.2) is 29.9 Å². The molecule has 1 unspecified atom stereocenters. The molecule has 0 radical (unpaired) electrons. The predicted octanol–water partition coefficient (Wildman–Crippen LogP) is 3.49. The molecule has 126 valence electrons. The van der Waals surface area contributed by atoms with Crippen LogP contribution < -0.4 is 19.7 Å². The Kier molecular flexibility index (Phi) is 3.88. The summed E-state index contributed by atoms with van der Waals surface area (Å²) in [6.45, 7) is 6.62. The van der Waals surface area contributed by atoms with Gasteiger partial charge in [0.1, 0.15) is 5.82 Å². The lowest BCUT2D eigenvalue weighted by Gasteiger charge is -2.31. The van der Waals surface area contributed by atoms with Crippen molar-refractivity contribution in [3.8, 4) is 11.5 Å². The topological polar surface area (TPSA) is 59.5 Å². The van der Waals surface area contributed by atoms with Crippen LogP contribution in [0, 0.1) is 12.8 Å². The Balaban J connectivity index is 1.57. The zero-order valence-electron chi connectivity index (χ0n) is 14.1. The number of aromatic nitrogens is 2. The van der Waals surface area contributed by atoms with Crippen molar-refractivity contribution in [2.75, 3.05) is 30.1 Å². The minimum absolute atomic E-state index is 0.280. The van der Waals surface area contributed by atoms with Gasteiger partial charge < -0.3 is 19.7 Å². The molecule has 1 aromatic carbocycles. The molecule has 3 heterocycles. The van der Waals surface area contributed by atoms with E-state index in [4.69, 9.17) is 14.5 Å². The fourth-order valence-electron chi connectivity index (χ4n) is 3.25. The Bertz CT molecular complexity index is 750. The first-order valence-corrected chi connectivity index (χ1v) is 8.45. The number of anilines is 3. The van der Waals surface area contributed by atoms with Gasteiger partial charge in [0.2, 0.25) is 12.7 Å². The van der Waals surface area contributed by atoms with E-state index in [0.717, 1.165) is 47.7 Å². The first-order valence-electron chi connectivity index (χ1n) is 8.45. The number of hydrogen-bond acceptors (Lipinski definition) is 6. The standard InChI is InChI=1S/C18H22N4O2/c1-12-4-3-7-22(10-12)18-19-13(2)8-17(21-18)20-14-5-6-15-16(9-14)24-11-23-15/h5-6,8-9,12H,3-4,7,10-11H2,1-2H3,(H,19,20,21). The summed E-state index contributed by atoms with van der Waals surface area (Å²) in [6, 6.07) is 7.77. The van der Waals surface area contributed by atoms with E-state index in [1.807, 2.05) is 31.2 Å². The fraction of sp³-hybridized carbons (Fsp3) is 0.444. The minimum Gasteiger partial charge on any atom is -0.454 e. The lowest BCUT2D eigenvalue weighted by Crippen LogP contribution is -2.35. The van der Waals surface area contributed by atoms with Crippen LogP contribution in [0.25, 0.3) is 0 Å². The molecule has 0 bridgehead atoms. The van der Waals surface area contributed by atoms with E-state index in [1.165, 1.54) is 12.8 Å².